The molecule has 0 aromatic rings. The van der Waals surface area contributed by atoms with E-state index in [1.807, 2.05) is 14.1 Å². The predicted molar refractivity (Wildman–Crippen MR) is 135 cm³/mol. The maximum atomic E-state index is 12.0. The van der Waals surface area contributed by atoms with Crippen molar-refractivity contribution in [3.8, 4) is 0 Å². The van der Waals surface area contributed by atoms with Crippen molar-refractivity contribution < 1.29 is 22.2 Å². The van der Waals surface area contributed by atoms with Gasteiger partial charge in [-0.25, -0.2) is 0 Å². The maximum absolute atomic E-state index is 12.0. The Morgan fingerprint density at radius 2 is 1.16 bits per heavy atom. The molecule has 0 rings (SSSR count). The van der Waals surface area contributed by atoms with Gasteiger partial charge in [0.05, 0.1) is 39.5 Å². The fourth-order valence-corrected chi connectivity index (χ4v) is 4.52. The van der Waals surface area contributed by atoms with Crippen LogP contribution in [0.15, 0.2) is 0 Å². The van der Waals surface area contributed by atoms with E-state index in [1.165, 1.54) is 83.5 Å². The monoisotopic (exact) mass is 477 g/mol. The molecule has 0 aliphatic rings. The third kappa shape index (κ3) is 24.0. The lowest BCUT2D eigenvalue weighted by Gasteiger charge is -2.29. The van der Waals surface area contributed by atoms with Crippen LogP contribution >= 0.6 is 0 Å². The van der Waals surface area contributed by atoms with Crippen molar-refractivity contribution in [2.45, 2.75) is 116 Å². The van der Waals surface area contributed by atoms with E-state index < -0.39 is 10.1 Å². The Morgan fingerprint density at radius 3 is 1.59 bits per heavy atom. The lowest BCUT2D eigenvalue weighted by molar-refractivity contribution is -0.889. The van der Waals surface area contributed by atoms with Gasteiger partial charge >= 0.3 is 0 Å². The zero-order valence-corrected chi connectivity index (χ0v) is 22.2. The van der Waals surface area contributed by atoms with Crippen LogP contribution in [0.3, 0.4) is 0 Å². The molecule has 0 saturated heterocycles. The molecule has 0 radical (unpaired) electrons. The minimum absolute atomic E-state index is 0.109. The van der Waals surface area contributed by atoms with E-state index >= 15 is 0 Å². The van der Waals surface area contributed by atoms with Crippen LogP contribution in [-0.2, 0) is 14.9 Å². The van der Waals surface area contributed by atoms with Gasteiger partial charge in [0.2, 0.25) is 5.91 Å². The second-order valence-corrected chi connectivity index (χ2v) is 11.6. The Hall–Kier alpha value is -0.660. The summed E-state index contributed by atoms with van der Waals surface area (Å²) in [5, 5.41) is 2.97. The van der Waals surface area contributed by atoms with Crippen molar-refractivity contribution in [2.24, 2.45) is 0 Å². The van der Waals surface area contributed by atoms with Gasteiger partial charge in [0.25, 0.3) is 10.1 Å². The molecule has 7 heteroatoms. The van der Waals surface area contributed by atoms with Crippen molar-refractivity contribution in [3.63, 3.8) is 0 Å². The molecule has 0 saturated carbocycles. The number of rotatable bonds is 23. The van der Waals surface area contributed by atoms with Crippen LogP contribution in [0.5, 0.6) is 0 Å². The molecule has 0 unspecified atom stereocenters. The number of amides is 1. The summed E-state index contributed by atoms with van der Waals surface area (Å²) >= 11 is 0. The average Bonchev–Trinajstić information content (AvgIpc) is 2.69. The third-order valence-electron chi connectivity index (χ3n) is 6.21. The van der Waals surface area contributed by atoms with Crippen molar-refractivity contribution in [2.75, 3.05) is 39.5 Å². The minimum Gasteiger partial charge on any atom is -0.350 e. The normalized spacial score (nSPS) is 12.2. The van der Waals surface area contributed by atoms with Gasteiger partial charge in [-0.05, 0) is 6.42 Å². The maximum Gasteiger partial charge on any atom is 0.265 e. The highest BCUT2D eigenvalue weighted by atomic mass is 32.2. The Balaban J connectivity index is 3.42. The van der Waals surface area contributed by atoms with Crippen LogP contribution in [0.4, 0.5) is 0 Å². The first-order chi connectivity index (χ1) is 15.2. The van der Waals surface area contributed by atoms with Crippen LogP contribution in [-0.4, -0.2) is 62.8 Å². The first-order valence-electron chi connectivity index (χ1n) is 13.2. The topological polar surface area (TPSA) is 83.5 Å². The van der Waals surface area contributed by atoms with E-state index in [1.54, 1.807) is 0 Å². The molecule has 6 nitrogen and oxygen atoms in total. The fourth-order valence-electron chi connectivity index (χ4n) is 4.03. The smallest absolute Gasteiger partial charge is 0.265 e. The van der Waals surface area contributed by atoms with E-state index in [9.17, 15) is 13.2 Å². The number of quaternary nitrogens is 1. The second kappa shape index (κ2) is 19.8. The molecule has 0 spiro atoms. The average molecular weight is 478 g/mol. The van der Waals surface area contributed by atoms with Crippen molar-refractivity contribution in [1.82, 2.24) is 5.32 Å². The van der Waals surface area contributed by atoms with Gasteiger partial charge in [-0.2, -0.15) is 8.42 Å². The summed E-state index contributed by atoms with van der Waals surface area (Å²) in [6, 6.07) is 0. The molecule has 0 aliphatic heterocycles. The summed E-state index contributed by atoms with van der Waals surface area (Å²) in [6.45, 7) is 4.26. The summed E-state index contributed by atoms with van der Waals surface area (Å²) in [5.41, 5.74) is 0. The van der Waals surface area contributed by atoms with Crippen molar-refractivity contribution in [1.29, 1.82) is 0 Å². The van der Waals surface area contributed by atoms with Gasteiger partial charge in [-0.3, -0.25) is 9.35 Å². The summed E-state index contributed by atoms with van der Waals surface area (Å²) < 4.78 is 31.0. The number of carbonyl (C=O) groups excluding carboxylic acids is 1. The van der Waals surface area contributed by atoms with Crippen LogP contribution in [0.25, 0.3) is 0 Å². The van der Waals surface area contributed by atoms with Gasteiger partial charge in [0.15, 0.2) is 0 Å². The molecule has 1 amide bonds. The lowest BCUT2D eigenvalue weighted by atomic mass is 10.0. The molecule has 0 aliphatic carbocycles. The number of hydrogen-bond acceptors (Lipinski definition) is 3. The molecule has 0 bridgehead atoms. The summed E-state index contributed by atoms with van der Waals surface area (Å²) in [7, 11) is 0.120. The van der Waals surface area contributed by atoms with Gasteiger partial charge in [0.1, 0.15) is 0 Å². The first-order valence-corrected chi connectivity index (χ1v) is 14.8. The zero-order chi connectivity index (χ0) is 24.1. The van der Waals surface area contributed by atoms with Crippen molar-refractivity contribution in [3.05, 3.63) is 0 Å². The van der Waals surface area contributed by atoms with E-state index in [0.717, 1.165) is 19.4 Å². The number of nitrogens with one attached hydrogen (secondary N) is 1. The number of unbranched alkanes of at least 4 members (excludes halogenated alkanes) is 14. The molecule has 32 heavy (non-hydrogen) atoms. The predicted octanol–water partition coefficient (Wildman–Crippen LogP) is 5.72. The fraction of sp³-hybridized carbons (Fsp3) is 0.960. The van der Waals surface area contributed by atoms with Gasteiger partial charge < -0.3 is 9.80 Å². The van der Waals surface area contributed by atoms with E-state index in [-0.39, 0.29) is 11.7 Å². The molecule has 0 atom stereocenters. The zero-order valence-electron chi connectivity index (χ0n) is 21.4. The highest BCUT2D eigenvalue weighted by Crippen LogP contribution is 2.13. The Kier molecular flexibility index (Phi) is 19.4. The Labute approximate surface area is 199 Å². The van der Waals surface area contributed by atoms with Gasteiger partial charge in [-0.15, -0.1) is 0 Å². The molecular weight excluding hydrogens is 424 g/mol. The molecule has 2 N–H and O–H groups in total. The second-order valence-electron chi connectivity index (χ2n) is 10.1. The van der Waals surface area contributed by atoms with Crippen LogP contribution < -0.4 is 5.32 Å². The SMILES string of the molecule is CCCCCCCCCCCCCCCCCC(=O)NCC[N+](C)(C)CCCS(=O)(=O)O. The summed E-state index contributed by atoms with van der Waals surface area (Å²) in [4.78, 5) is 12.0. The van der Waals surface area contributed by atoms with Gasteiger partial charge in [0, 0.05) is 12.8 Å². The number of nitrogens with zero attached hydrogens (tertiary/aromatic N) is 1. The van der Waals surface area contributed by atoms with Crippen molar-refractivity contribution >= 4 is 16.0 Å². The number of hydrogen-bond donors (Lipinski definition) is 2. The van der Waals surface area contributed by atoms with Crippen LogP contribution in [0.2, 0.25) is 0 Å². The molecule has 192 valence electrons. The number of carbonyl (C=O) groups is 1. The Bertz CT molecular complexity index is 550. The van der Waals surface area contributed by atoms with Crippen LogP contribution in [0, 0.1) is 0 Å². The third-order valence-corrected chi connectivity index (χ3v) is 7.02. The van der Waals surface area contributed by atoms with Crippen LogP contribution in [0.1, 0.15) is 116 Å². The minimum atomic E-state index is -3.89. The van der Waals surface area contributed by atoms with E-state index in [4.69, 9.17) is 4.55 Å². The highest BCUT2D eigenvalue weighted by molar-refractivity contribution is 7.85. The van der Waals surface area contributed by atoms with Gasteiger partial charge in [-0.1, -0.05) is 96.8 Å². The number of likely N-dealkylation sites (N-methyl/N-ethyl adjacent to an activating group) is 1. The largest absolute Gasteiger partial charge is 0.350 e. The van der Waals surface area contributed by atoms with E-state index in [0.29, 0.717) is 30.4 Å². The first kappa shape index (κ1) is 31.3. The molecule has 0 heterocycles. The molecule has 0 aromatic heterocycles. The van der Waals surface area contributed by atoms with E-state index in [2.05, 4.69) is 12.2 Å². The molecular formula is C25H53N2O4S+. The molecule has 0 aromatic carbocycles. The molecule has 0 fully saturated rings. The Morgan fingerprint density at radius 1 is 0.719 bits per heavy atom. The summed E-state index contributed by atoms with van der Waals surface area (Å²) in [6.07, 6.45) is 20.8. The summed E-state index contributed by atoms with van der Waals surface area (Å²) in [5.74, 6) is -0.0992. The lowest BCUT2D eigenvalue weighted by Crippen LogP contribution is -2.46. The quantitative estimate of drug-likeness (QED) is 0.112. The standard InChI is InChI=1S/C25H52N2O4S/c1-4-5-6-7-8-9-10-11-12-13-14-15-16-17-18-20-25(28)26-21-23-27(2,3)22-19-24-32(29,30)31/h4-24H2,1-3H3,(H-,26,28,29,30,31)/p+1. The highest BCUT2D eigenvalue weighted by Gasteiger charge is 2.16.